The van der Waals surface area contributed by atoms with Gasteiger partial charge in [-0.1, -0.05) is 0 Å². The summed E-state index contributed by atoms with van der Waals surface area (Å²) in [5, 5.41) is 10.2. The van der Waals surface area contributed by atoms with Gasteiger partial charge in [0, 0.05) is 41.7 Å². The predicted molar refractivity (Wildman–Crippen MR) is 117 cm³/mol. The smallest absolute Gasteiger partial charge is 0.254 e. The van der Waals surface area contributed by atoms with E-state index >= 15 is 0 Å². The maximum atomic E-state index is 13.1. The summed E-state index contributed by atoms with van der Waals surface area (Å²) in [5.41, 5.74) is 1.62. The van der Waals surface area contributed by atoms with Crippen LogP contribution in [0.4, 0.5) is 10.8 Å². The molecule has 2 fully saturated rings. The second kappa shape index (κ2) is 7.91. The fourth-order valence-electron chi connectivity index (χ4n) is 3.99. The number of pyridine rings is 1. The Balaban J connectivity index is 1.38. The van der Waals surface area contributed by atoms with E-state index in [1.807, 2.05) is 0 Å². The first-order valence-corrected chi connectivity index (χ1v) is 11.6. The van der Waals surface area contributed by atoms with E-state index in [1.165, 1.54) is 23.8 Å². The molecule has 2 aromatic heterocycles. The maximum absolute atomic E-state index is 13.1. The summed E-state index contributed by atoms with van der Waals surface area (Å²) >= 11 is 1.55. The van der Waals surface area contributed by atoms with Crippen LogP contribution in [0, 0.1) is 11.8 Å². The Morgan fingerprint density at radius 1 is 1.17 bits per heavy atom. The third-order valence-electron chi connectivity index (χ3n) is 6.05. The quantitative estimate of drug-likeness (QED) is 0.547. The molecule has 0 aliphatic heterocycles. The second-order valence-corrected chi connectivity index (χ2v) is 9.75. The molecule has 0 bridgehead atoms. The van der Waals surface area contributed by atoms with Crippen LogP contribution in [0.5, 0.6) is 0 Å². The first kappa shape index (κ1) is 19.4. The lowest BCUT2D eigenvalue weighted by Crippen LogP contribution is -2.31. The van der Waals surface area contributed by atoms with E-state index in [1.54, 1.807) is 23.6 Å². The highest BCUT2D eigenvalue weighted by Crippen LogP contribution is 2.40. The number of amides is 2. The lowest BCUT2D eigenvalue weighted by atomic mass is 9.91. The normalized spacial score (nSPS) is 20.3. The standard InChI is InChI=1S/C22H26N4O3S/c27-15-7-8-23-18(10-15)25-14-5-6-17-16(9-14)19(21(29)24-11-12-1-2-12)22(30-17)26-20(28)13-3-4-13/h7-8,10,12-14H,1-6,9,11H2,(H,24,29)(H,26,28)(H2,23,25,27). The van der Waals surface area contributed by atoms with Crippen molar-refractivity contribution in [3.05, 3.63) is 44.6 Å². The van der Waals surface area contributed by atoms with Crippen molar-refractivity contribution in [2.24, 2.45) is 11.8 Å². The molecule has 8 heteroatoms. The number of nitrogens with one attached hydrogen (secondary N) is 4. The Labute approximate surface area is 178 Å². The zero-order chi connectivity index (χ0) is 20.7. The van der Waals surface area contributed by atoms with Crippen LogP contribution in [-0.2, 0) is 17.6 Å². The van der Waals surface area contributed by atoms with Crippen LogP contribution in [-0.4, -0.2) is 29.4 Å². The maximum Gasteiger partial charge on any atom is 0.254 e. The van der Waals surface area contributed by atoms with Crippen LogP contribution in [0.1, 0.15) is 52.9 Å². The Morgan fingerprint density at radius 3 is 2.73 bits per heavy atom. The lowest BCUT2D eigenvalue weighted by molar-refractivity contribution is -0.117. The number of aryl methyl sites for hydroxylation is 1. The summed E-state index contributed by atoms with van der Waals surface area (Å²) < 4.78 is 0. The molecule has 3 aliphatic carbocycles. The number of carbonyl (C=O) groups is 2. The first-order chi connectivity index (χ1) is 14.6. The van der Waals surface area contributed by atoms with Gasteiger partial charge < -0.3 is 20.9 Å². The zero-order valence-corrected chi connectivity index (χ0v) is 17.6. The van der Waals surface area contributed by atoms with Gasteiger partial charge in [0.05, 0.1) is 5.56 Å². The molecule has 7 nitrogen and oxygen atoms in total. The molecular weight excluding hydrogens is 400 g/mol. The third kappa shape index (κ3) is 4.28. The van der Waals surface area contributed by atoms with Crippen LogP contribution in [0.25, 0.3) is 0 Å². The van der Waals surface area contributed by atoms with Crippen molar-refractivity contribution >= 4 is 34.0 Å². The van der Waals surface area contributed by atoms with E-state index in [9.17, 15) is 14.4 Å². The van der Waals surface area contributed by atoms with E-state index in [0.29, 0.717) is 35.3 Å². The highest BCUT2D eigenvalue weighted by atomic mass is 32.1. The summed E-state index contributed by atoms with van der Waals surface area (Å²) in [6, 6.07) is 3.15. The number of hydrogen-bond acceptors (Lipinski definition) is 5. The van der Waals surface area contributed by atoms with E-state index in [0.717, 1.165) is 31.2 Å². The summed E-state index contributed by atoms with van der Waals surface area (Å²) in [6.45, 7) is 0.701. The van der Waals surface area contributed by atoms with Crippen LogP contribution in [0.2, 0.25) is 0 Å². The highest BCUT2D eigenvalue weighted by molar-refractivity contribution is 7.17. The van der Waals surface area contributed by atoms with Gasteiger partial charge in [0.2, 0.25) is 5.91 Å². The molecule has 30 heavy (non-hydrogen) atoms. The van der Waals surface area contributed by atoms with Gasteiger partial charge in [0.25, 0.3) is 5.91 Å². The van der Waals surface area contributed by atoms with Gasteiger partial charge in [-0.3, -0.25) is 14.4 Å². The number of aromatic nitrogens is 1. The Kier molecular flexibility index (Phi) is 5.10. The van der Waals surface area contributed by atoms with Gasteiger partial charge in [-0.05, 0) is 56.4 Å². The van der Waals surface area contributed by atoms with E-state index in [4.69, 9.17) is 0 Å². The first-order valence-electron chi connectivity index (χ1n) is 10.8. The minimum atomic E-state index is -0.0840. The van der Waals surface area contributed by atoms with Crippen LogP contribution in [0.15, 0.2) is 23.1 Å². The number of H-pyrrole nitrogens is 1. The van der Waals surface area contributed by atoms with Gasteiger partial charge >= 0.3 is 0 Å². The van der Waals surface area contributed by atoms with E-state index in [2.05, 4.69) is 20.9 Å². The molecule has 0 radical (unpaired) electrons. The van der Waals surface area contributed by atoms with Crippen molar-refractivity contribution in [1.29, 1.82) is 0 Å². The summed E-state index contributed by atoms with van der Waals surface area (Å²) in [6.07, 6.45) is 8.28. The lowest BCUT2D eigenvalue weighted by Gasteiger charge is -2.24. The average Bonchev–Trinajstić information content (AvgIpc) is 3.63. The van der Waals surface area contributed by atoms with Gasteiger partial charge in [0.15, 0.2) is 5.43 Å². The molecular formula is C22H26N4O3S. The van der Waals surface area contributed by atoms with Crippen molar-refractivity contribution in [1.82, 2.24) is 10.3 Å². The number of carbonyl (C=O) groups excluding carboxylic acids is 2. The third-order valence-corrected chi connectivity index (χ3v) is 7.26. The van der Waals surface area contributed by atoms with Gasteiger partial charge in [0.1, 0.15) is 10.8 Å². The van der Waals surface area contributed by atoms with E-state index in [-0.39, 0.29) is 29.2 Å². The Morgan fingerprint density at radius 2 is 2.00 bits per heavy atom. The van der Waals surface area contributed by atoms with Gasteiger partial charge in [-0.25, -0.2) is 0 Å². The van der Waals surface area contributed by atoms with Crippen molar-refractivity contribution in [2.75, 3.05) is 17.2 Å². The predicted octanol–water partition coefficient (Wildman–Crippen LogP) is 2.89. The largest absolute Gasteiger partial charge is 0.368 e. The van der Waals surface area contributed by atoms with Crippen LogP contribution >= 0.6 is 11.3 Å². The molecule has 1 unspecified atom stereocenters. The van der Waals surface area contributed by atoms with Crippen molar-refractivity contribution < 1.29 is 9.59 Å². The number of fused-ring (bicyclic) bond motifs is 1. The molecule has 2 aromatic rings. The highest BCUT2D eigenvalue weighted by Gasteiger charge is 2.34. The van der Waals surface area contributed by atoms with E-state index < -0.39 is 0 Å². The monoisotopic (exact) mass is 426 g/mol. The molecule has 1 atom stereocenters. The average molecular weight is 427 g/mol. The van der Waals surface area contributed by atoms with Crippen LogP contribution in [0.3, 0.4) is 0 Å². The minimum absolute atomic E-state index is 0.0291. The number of rotatable bonds is 7. The van der Waals surface area contributed by atoms with Crippen molar-refractivity contribution in [3.63, 3.8) is 0 Å². The SMILES string of the molecule is O=C(NCC1CC1)c1c(NC(=O)C2CC2)sc2c1CC(Nc1cc(=O)cc[nH]1)CC2. The molecule has 5 rings (SSSR count). The molecule has 2 heterocycles. The zero-order valence-electron chi connectivity index (χ0n) is 16.8. The number of hydrogen-bond donors (Lipinski definition) is 4. The molecule has 3 aliphatic rings. The van der Waals surface area contributed by atoms with Crippen LogP contribution < -0.4 is 21.4 Å². The Bertz CT molecular complexity index is 1040. The molecule has 2 saturated carbocycles. The summed E-state index contributed by atoms with van der Waals surface area (Å²) in [5.74, 6) is 1.32. The topological polar surface area (TPSA) is 103 Å². The number of thiophene rings is 1. The summed E-state index contributed by atoms with van der Waals surface area (Å²) in [4.78, 5) is 41.3. The summed E-state index contributed by atoms with van der Waals surface area (Å²) in [7, 11) is 0. The molecule has 4 N–H and O–H groups in total. The number of aromatic amines is 1. The minimum Gasteiger partial charge on any atom is -0.368 e. The van der Waals surface area contributed by atoms with Crippen molar-refractivity contribution in [3.8, 4) is 0 Å². The number of anilines is 2. The van der Waals surface area contributed by atoms with Gasteiger partial charge in [-0.15, -0.1) is 11.3 Å². The fraction of sp³-hybridized carbons (Fsp3) is 0.500. The molecule has 158 valence electrons. The molecule has 2 amide bonds. The van der Waals surface area contributed by atoms with Crippen molar-refractivity contribution in [2.45, 2.75) is 51.0 Å². The Hall–Kier alpha value is -2.61. The molecule has 0 spiro atoms. The second-order valence-electron chi connectivity index (χ2n) is 8.65. The van der Waals surface area contributed by atoms with Gasteiger partial charge in [-0.2, -0.15) is 0 Å². The molecule has 0 saturated heterocycles. The molecule has 0 aromatic carbocycles. The fourth-order valence-corrected chi connectivity index (χ4v) is 5.24.